The average Bonchev–Trinajstić information content (AvgIpc) is 3.02. The van der Waals surface area contributed by atoms with E-state index in [0.717, 1.165) is 11.6 Å². The zero-order valence-corrected chi connectivity index (χ0v) is 16.5. The Hall–Kier alpha value is -3.67. The van der Waals surface area contributed by atoms with Crippen molar-refractivity contribution in [3.63, 3.8) is 0 Å². The van der Waals surface area contributed by atoms with Gasteiger partial charge in [-0.3, -0.25) is 14.5 Å². The number of nitrogens with zero attached hydrogens (tertiary/aromatic N) is 1. The number of fused-ring (bicyclic) bond motifs is 1. The van der Waals surface area contributed by atoms with Gasteiger partial charge in [0.1, 0.15) is 0 Å². The van der Waals surface area contributed by atoms with E-state index in [1.807, 2.05) is 6.07 Å². The van der Waals surface area contributed by atoms with Gasteiger partial charge in [-0.2, -0.15) is 0 Å². The lowest BCUT2D eigenvalue weighted by molar-refractivity contribution is 0.0652. The summed E-state index contributed by atoms with van der Waals surface area (Å²) in [7, 11) is 0. The third-order valence-electron chi connectivity index (χ3n) is 5.35. The van der Waals surface area contributed by atoms with Gasteiger partial charge in [0.15, 0.2) is 17.5 Å². The Morgan fingerprint density at radius 3 is 2.19 bits per heavy atom. The molecule has 2 amide bonds. The first-order valence-electron chi connectivity index (χ1n) is 9.77. The highest BCUT2D eigenvalue weighted by Crippen LogP contribution is 2.32. The largest absolute Gasteiger partial charge is 0.274 e. The molecule has 156 valence electrons. The van der Waals surface area contributed by atoms with Crippen LogP contribution in [0.1, 0.15) is 38.3 Å². The number of imide groups is 1. The van der Waals surface area contributed by atoms with Crippen LogP contribution in [0.4, 0.5) is 13.2 Å². The first-order valence-corrected chi connectivity index (χ1v) is 9.77. The second kappa shape index (κ2) is 8.22. The number of carbonyl (C=O) groups is 2. The topological polar surface area (TPSA) is 37.4 Å². The summed E-state index contributed by atoms with van der Waals surface area (Å²) in [5, 5.41) is 0. The minimum atomic E-state index is -1.53. The monoisotopic (exact) mass is 421 g/mol. The summed E-state index contributed by atoms with van der Waals surface area (Å²) in [4.78, 5) is 26.1. The van der Waals surface area contributed by atoms with Crippen molar-refractivity contribution in [2.75, 3.05) is 6.54 Å². The van der Waals surface area contributed by atoms with Gasteiger partial charge in [-0.25, -0.2) is 13.2 Å². The molecule has 0 atom stereocenters. The van der Waals surface area contributed by atoms with Crippen LogP contribution in [0.2, 0.25) is 0 Å². The molecule has 0 N–H and O–H groups in total. The molecule has 1 heterocycles. The number of halogens is 3. The molecular weight excluding hydrogens is 403 g/mol. The fraction of sp³-hybridized carbons (Fsp3) is 0.120. The van der Waals surface area contributed by atoms with E-state index in [-0.39, 0.29) is 29.5 Å². The summed E-state index contributed by atoms with van der Waals surface area (Å²) in [6.45, 7) is 3.80. The maximum atomic E-state index is 14.5. The van der Waals surface area contributed by atoms with E-state index in [9.17, 15) is 22.8 Å². The molecule has 3 aromatic carbocycles. The molecule has 0 radical (unpaired) electrons. The summed E-state index contributed by atoms with van der Waals surface area (Å²) in [6.07, 6.45) is 2.29. The van der Waals surface area contributed by atoms with E-state index in [0.29, 0.717) is 29.5 Å². The number of hydrogen-bond donors (Lipinski definition) is 0. The van der Waals surface area contributed by atoms with Gasteiger partial charge < -0.3 is 0 Å². The molecular formula is C25H18F3NO2. The number of rotatable bonds is 6. The van der Waals surface area contributed by atoms with Gasteiger partial charge in [-0.05, 0) is 47.7 Å². The van der Waals surface area contributed by atoms with Crippen LogP contribution in [0.25, 0.3) is 17.2 Å². The van der Waals surface area contributed by atoms with E-state index in [1.165, 1.54) is 11.0 Å². The molecule has 0 spiro atoms. The van der Waals surface area contributed by atoms with Crippen molar-refractivity contribution in [2.24, 2.45) is 0 Å². The van der Waals surface area contributed by atoms with Crippen molar-refractivity contribution < 1.29 is 22.8 Å². The van der Waals surface area contributed by atoms with Crippen LogP contribution < -0.4 is 0 Å². The first kappa shape index (κ1) is 20.6. The zero-order chi connectivity index (χ0) is 22.1. The lowest BCUT2D eigenvalue weighted by Crippen LogP contribution is -2.30. The van der Waals surface area contributed by atoms with Gasteiger partial charge in [0.25, 0.3) is 11.8 Å². The van der Waals surface area contributed by atoms with Crippen molar-refractivity contribution in [2.45, 2.75) is 12.8 Å². The molecule has 0 aromatic heterocycles. The summed E-state index contributed by atoms with van der Waals surface area (Å²) < 4.78 is 41.8. The molecule has 0 fully saturated rings. The van der Waals surface area contributed by atoms with Crippen molar-refractivity contribution in [1.82, 2.24) is 4.90 Å². The van der Waals surface area contributed by atoms with Crippen molar-refractivity contribution in [3.05, 3.63) is 101 Å². The Morgan fingerprint density at radius 1 is 0.871 bits per heavy atom. The van der Waals surface area contributed by atoms with Crippen LogP contribution in [-0.2, 0) is 6.42 Å². The third kappa shape index (κ3) is 3.65. The average molecular weight is 421 g/mol. The molecule has 31 heavy (non-hydrogen) atoms. The lowest BCUT2D eigenvalue weighted by atomic mass is 9.96. The van der Waals surface area contributed by atoms with Gasteiger partial charge in [0.05, 0.1) is 11.1 Å². The molecule has 0 unspecified atom stereocenters. The van der Waals surface area contributed by atoms with Crippen molar-refractivity contribution in [3.8, 4) is 11.1 Å². The minimum absolute atomic E-state index is 0.0592. The molecule has 3 nitrogen and oxygen atoms in total. The molecule has 0 saturated heterocycles. The number of amides is 2. The maximum absolute atomic E-state index is 14.5. The summed E-state index contributed by atoms with van der Waals surface area (Å²) in [6, 6.07) is 14.4. The summed E-state index contributed by atoms with van der Waals surface area (Å²) >= 11 is 0. The van der Waals surface area contributed by atoms with E-state index in [2.05, 4.69) is 6.58 Å². The van der Waals surface area contributed by atoms with Gasteiger partial charge in [0.2, 0.25) is 0 Å². The Morgan fingerprint density at radius 2 is 1.55 bits per heavy atom. The van der Waals surface area contributed by atoms with Crippen LogP contribution in [0.3, 0.4) is 0 Å². The quantitative estimate of drug-likeness (QED) is 0.381. The Labute approximate surface area is 177 Å². The van der Waals surface area contributed by atoms with E-state index < -0.39 is 17.5 Å². The van der Waals surface area contributed by atoms with E-state index in [1.54, 1.807) is 42.5 Å². The van der Waals surface area contributed by atoms with Crippen molar-refractivity contribution in [1.29, 1.82) is 0 Å². The van der Waals surface area contributed by atoms with Crippen LogP contribution in [0.15, 0.2) is 61.2 Å². The van der Waals surface area contributed by atoms with Crippen LogP contribution in [-0.4, -0.2) is 23.3 Å². The smallest absolute Gasteiger partial charge is 0.261 e. The molecule has 0 saturated carbocycles. The second-order valence-electron chi connectivity index (χ2n) is 7.27. The van der Waals surface area contributed by atoms with Crippen molar-refractivity contribution >= 4 is 17.9 Å². The molecule has 6 heteroatoms. The SMILES string of the molecule is C=Cc1cc(F)c(F)c(F)c1-c1cccc(CCCN2C(=O)c3ccccc3C2=O)c1. The van der Waals surface area contributed by atoms with E-state index >= 15 is 0 Å². The van der Waals surface area contributed by atoms with Gasteiger partial charge in [0, 0.05) is 12.1 Å². The molecule has 1 aliphatic rings. The minimum Gasteiger partial charge on any atom is -0.274 e. The fourth-order valence-corrected chi connectivity index (χ4v) is 3.83. The Bertz CT molecular complexity index is 1180. The van der Waals surface area contributed by atoms with Gasteiger partial charge in [-0.15, -0.1) is 0 Å². The molecule has 4 rings (SSSR count). The molecule has 0 bridgehead atoms. The predicted octanol–water partition coefficient (Wildman–Crippen LogP) is 5.64. The summed E-state index contributed by atoms with van der Waals surface area (Å²) in [5.74, 6) is -4.69. The van der Waals surface area contributed by atoms with Gasteiger partial charge in [-0.1, -0.05) is 49.1 Å². The van der Waals surface area contributed by atoms with Crippen LogP contribution in [0, 0.1) is 17.5 Å². The highest BCUT2D eigenvalue weighted by Gasteiger charge is 2.34. The maximum Gasteiger partial charge on any atom is 0.261 e. The highest BCUT2D eigenvalue weighted by molar-refractivity contribution is 6.21. The number of carbonyl (C=O) groups excluding carboxylic acids is 2. The molecule has 1 aliphatic heterocycles. The number of benzene rings is 3. The molecule has 0 aliphatic carbocycles. The number of hydrogen-bond acceptors (Lipinski definition) is 2. The highest BCUT2D eigenvalue weighted by atomic mass is 19.2. The molecule has 3 aromatic rings. The van der Waals surface area contributed by atoms with Gasteiger partial charge >= 0.3 is 0 Å². The van der Waals surface area contributed by atoms with Crippen LogP contribution >= 0.6 is 0 Å². The second-order valence-corrected chi connectivity index (χ2v) is 7.27. The zero-order valence-electron chi connectivity index (χ0n) is 16.5. The Kier molecular flexibility index (Phi) is 5.46. The Balaban J connectivity index is 1.51. The van der Waals surface area contributed by atoms with E-state index in [4.69, 9.17) is 0 Å². The third-order valence-corrected chi connectivity index (χ3v) is 5.35. The summed E-state index contributed by atoms with van der Waals surface area (Å²) in [5.41, 5.74) is 2.11. The number of aryl methyl sites for hydroxylation is 1. The van der Waals surface area contributed by atoms with Crippen LogP contribution in [0.5, 0.6) is 0 Å². The normalized spacial score (nSPS) is 12.9. The standard InChI is InChI=1S/C25H18F3NO2/c1-2-16-14-20(26)22(27)23(28)21(16)17-9-5-7-15(13-17)8-6-12-29-24(30)18-10-3-4-11-19(18)25(29)31/h2-5,7,9-11,13-14H,1,6,8,12H2. The fourth-order valence-electron chi connectivity index (χ4n) is 3.83. The first-order chi connectivity index (χ1) is 14.9. The lowest BCUT2D eigenvalue weighted by Gasteiger charge is -2.14. The predicted molar refractivity (Wildman–Crippen MR) is 112 cm³/mol.